The lowest BCUT2D eigenvalue weighted by atomic mass is 10.0. The quantitative estimate of drug-likeness (QED) is 0.701. The number of carbonyl (C=O) groups excluding carboxylic acids is 1. The zero-order valence-corrected chi connectivity index (χ0v) is 15.5. The fraction of sp³-hybridized carbons (Fsp3) is 0.286. The van der Waals surface area contributed by atoms with Crippen molar-refractivity contribution in [1.29, 1.82) is 0 Å². The van der Waals surface area contributed by atoms with Gasteiger partial charge in [-0.15, -0.1) is 0 Å². The summed E-state index contributed by atoms with van der Waals surface area (Å²) in [5.41, 5.74) is 2.25. The second-order valence-corrected chi connectivity index (χ2v) is 6.10. The molecule has 136 valence electrons. The van der Waals surface area contributed by atoms with Crippen LogP contribution in [-0.2, 0) is 0 Å². The van der Waals surface area contributed by atoms with E-state index >= 15 is 0 Å². The third-order valence-corrected chi connectivity index (χ3v) is 4.53. The first-order valence-corrected chi connectivity index (χ1v) is 8.59. The molecule has 0 saturated carbocycles. The summed E-state index contributed by atoms with van der Waals surface area (Å²) in [6.07, 6.45) is 0.774. The van der Waals surface area contributed by atoms with Crippen molar-refractivity contribution in [2.24, 2.45) is 0 Å². The average Bonchev–Trinajstić information content (AvgIpc) is 3.00. The zero-order valence-electron chi connectivity index (χ0n) is 15.5. The predicted octanol–water partition coefficient (Wildman–Crippen LogP) is 4.64. The van der Waals surface area contributed by atoms with Gasteiger partial charge in [-0.3, -0.25) is 4.79 Å². The van der Waals surface area contributed by atoms with Crippen molar-refractivity contribution in [2.75, 3.05) is 14.2 Å². The maximum absolute atomic E-state index is 13.0. The van der Waals surface area contributed by atoms with Crippen LogP contribution in [0.25, 0.3) is 11.0 Å². The maximum Gasteiger partial charge on any atom is 0.255 e. The van der Waals surface area contributed by atoms with Crippen LogP contribution in [0.15, 0.2) is 46.9 Å². The molecule has 0 saturated heterocycles. The first kappa shape index (κ1) is 17.9. The highest BCUT2D eigenvalue weighted by molar-refractivity contribution is 6.07. The number of hydrogen-bond acceptors (Lipinski definition) is 4. The third-order valence-electron chi connectivity index (χ3n) is 4.53. The van der Waals surface area contributed by atoms with E-state index in [0.717, 1.165) is 23.1 Å². The topological polar surface area (TPSA) is 60.7 Å². The first-order valence-electron chi connectivity index (χ1n) is 8.59. The number of methoxy groups -OCH3 is 2. The molecule has 1 amide bonds. The highest BCUT2D eigenvalue weighted by atomic mass is 16.5. The number of ether oxygens (including phenoxy) is 2. The van der Waals surface area contributed by atoms with Gasteiger partial charge in [0.15, 0.2) is 0 Å². The van der Waals surface area contributed by atoms with E-state index in [1.807, 2.05) is 49.4 Å². The second kappa shape index (κ2) is 7.52. The third kappa shape index (κ3) is 3.38. The minimum atomic E-state index is -0.155. The van der Waals surface area contributed by atoms with E-state index in [2.05, 4.69) is 5.32 Å². The summed E-state index contributed by atoms with van der Waals surface area (Å²) in [5, 5.41) is 3.87. The van der Waals surface area contributed by atoms with Gasteiger partial charge in [-0.1, -0.05) is 19.1 Å². The molecular weight excluding hydrogens is 330 g/mol. The van der Waals surface area contributed by atoms with Crippen molar-refractivity contribution in [3.05, 3.63) is 59.4 Å². The second-order valence-electron chi connectivity index (χ2n) is 6.10. The zero-order chi connectivity index (χ0) is 18.7. The molecule has 26 heavy (non-hydrogen) atoms. The molecule has 0 spiro atoms. The van der Waals surface area contributed by atoms with E-state index in [0.29, 0.717) is 22.7 Å². The van der Waals surface area contributed by atoms with Crippen LogP contribution >= 0.6 is 0 Å². The molecule has 0 aliphatic carbocycles. The Morgan fingerprint density at radius 1 is 1.08 bits per heavy atom. The number of furan rings is 1. The number of carbonyl (C=O) groups is 1. The van der Waals surface area contributed by atoms with E-state index in [1.165, 1.54) is 0 Å². The Morgan fingerprint density at radius 3 is 2.35 bits per heavy atom. The highest BCUT2D eigenvalue weighted by Gasteiger charge is 2.21. The SMILES string of the molecule is CCC(NC(=O)c1c(C)oc2ccc(OC)cc12)c1ccc(OC)cc1. The van der Waals surface area contributed by atoms with Gasteiger partial charge < -0.3 is 19.2 Å². The number of fused-ring (bicyclic) bond motifs is 1. The van der Waals surface area contributed by atoms with Gasteiger partial charge in [-0.05, 0) is 49.2 Å². The van der Waals surface area contributed by atoms with Crippen LogP contribution in [0.1, 0.15) is 41.1 Å². The molecule has 3 rings (SSSR count). The standard InChI is InChI=1S/C21H23NO4/c1-5-18(14-6-8-15(24-3)9-7-14)22-21(23)20-13(2)26-19-11-10-16(25-4)12-17(19)20/h6-12,18H,5H2,1-4H3,(H,22,23). The Bertz CT molecular complexity index is 912. The lowest BCUT2D eigenvalue weighted by molar-refractivity contribution is 0.0935. The Hall–Kier alpha value is -2.95. The van der Waals surface area contributed by atoms with E-state index in [9.17, 15) is 4.79 Å². The molecule has 2 aromatic carbocycles. The summed E-state index contributed by atoms with van der Waals surface area (Å²) >= 11 is 0. The van der Waals surface area contributed by atoms with Gasteiger partial charge in [-0.2, -0.15) is 0 Å². The molecule has 5 nitrogen and oxygen atoms in total. The molecule has 5 heteroatoms. The van der Waals surface area contributed by atoms with Gasteiger partial charge in [0.25, 0.3) is 5.91 Å². The van der Waals surface area contributed by atoms with Crippen LogP contribution in [0.2, 0.25) is 0 Å². The smallest absolute Gasteiger partial charge is 0.255 e. The number of aryl methyl sites for hydroxylation is 1. The van der Waals surface area contributed by atoms with Crippen LogP contribution in [0, 0.1) is 6.92 Å². The molecule has 1 aromatic heterocycles. The van der Waals surface area contributed by atoms with Crippen molar-refractivity contribution >= 4 is 16.9 Å². The largest absolute Gasteiger partial charge is 0.497 e. The summed E-state index contributed by atoms with van der Waals surface area (Å²) in [5.74, 6) is 1.92. The lowest BCUT2D eigenvalue weighted by Crippen LogP contribution is -2.28. The summed E-state index contributed by atoms with van der Waals surface area (Å²) in [4.78, 5) is 13.0. The lowest BCUT2D eigenvalue weighted by Gasteiger charge is -2.18. The van der Waals surface area contributed by atoms with Crippen molar-refractivity contribution in [2.45, 2.75) is 26.3 Å². The predicted molar refractivity (Wildman–Crippen MR) is 101 cm³/mol. The number of nitrogens with one attached hydrogen (secondary N) is 1. The summed E-state index contributed by atoms with van der Waals surface area (Å²) in [7, 11) is 3.24. The first-order chi connectivity index (χ1) is 12.6. The Kier molecular flexibility index (Phi) is 5.16. The van der Waals surface area contributed by atoms with Crippen molar-refractivity contribution in [1.82, 2.24) is 5.32 Å². The molecule has 3 aromatic rings. The molecule has 0 bridgehead atoms. The van der Waals surface area contributed by atoms with Gasteiger partial charge in [0, 0.05) is 5.39 Å². The van der Waals surface area contributed by atoms with E-state index < -0.39 is 0 Å². The number of hydrogen-bond donors (Lipinski definition) is 1. The molecule has 1 unspecified atom stereocenters. The number of rotatable bonds is 6. The van der Waals surface area contributed by atoms with Gasteiger partial charge in [-0.25, -0.2) is 0 Å². The van der Waals surface area contributed by atoms with Crippen molar-refractivity contribution in [3.8, 4) is 11.5 Å². The van der Waals surface area contributed by atoms with E-state index in [-0.39, 0.29) is 11.9 Å². The minimum absolute atomic E-state index is 0.0941. The van der Waals surface area contributed by atoms with Crippen LogP contribution < -0.4 is 14.8 Å². The van der Waals surface area contributed by atoms with Crippen LogP contribution in [0.4, 0.5) is 0 Å². The summed E-state index contributed by atoms with van der Waals surface area (Å²) in [6.45, 7) is 3.84. The minimum Gasteiger partial charge on any atom is -0.497 e. The van der Waals surface area contributed by atoms with Crippen molar-refractivity contribution < 1.29 is 18.7 Å². The van der Waals surface area contributed by atoms with E-state index in [1.54, 1.807) is 21.1 Å². The van der Waals surface area contributed by atoms with Gasteiger partial charge in [0.1, 0.15) is 22.8 Å². The normalized spacial score (nSPS) is 12.0. The summed E-state index contributed by atoms with van der Waals surface area (Å²) in [6, 6.07) is 13.1. The fourth-order valence-corrected chi connectivity index (χ4v) is 3.10. The summed E-state index contributed by atoms with van der Waals surface area (Å²) < 4.78 is 16.2. The van der Waals surface area contributed by atoms with Crippen molar-refractivity contribution in [3.63, 3.8) is 0 Å². The highest BCUT2D eigenvalue weighted by Crippen LogP contribution is 2.30. The van der Waals surface area contributed by atoms with Gasteiger partial charge >= 0.3 is 0 Å². The Morgan fingerprint density at radius 2 is 1.73 bits per heavy atom. The molecule has 1 N–H and O–H groups in total. The monoisotopic (exact) mass is 353 g/mol. The Balaban J connectivity index is 1.90. The number of benzene rings is 2. The maximum atomic E-state index is 13.0. The molecular formula is C21H23NO4. The Labute approximate surface area is 152 Å². The van der Waals surface area contributed by atoms with Gasteiger partial charge in [0.2, 0.25) is 0 Å². The van der Waals surface area contributed by atoms with E-state index in [4.69, 9.17) is 13.9 Å². The molecule has 0 fully saturated rings. The van der Waals surface area contributed by atoms with Crippen LogP contribution in [0.5, 0.6) is 11.5 Å². The molecule has 0 aliphatic heterocycles. The number of amides is 1. The molecule has 1 heterocycles. The van der Waals surface area contributed by atoms with Crippen LogP contribution in [0.3, 0.4) is 0 Å². The average molecular weight is 353 g/mol. The van der Waals surface area contributed by atoms with Gasteiger partial charge in [0.05, 0.1) is 25.8 Å². The molecule has 0 radical (unpaired) electrons. The fourth-order valence-electron chi connectivity index (χ4n) is 3.10. The molecule has 1 atom stereocenters. The van der Waals surface area contributed by atoms with Crippen LogP contribution in [-0.4, -0.2) is 20.1 Å². The molecule has 0 aliphatic rings.